The van der Waals surface area contributed by atoms with Gasteiger partial charge in [0.2, 0.25) is 5.82 Å². The molecule has 0 aliphatic rings. The van der Waals surface area contributed by atoms with Gasteiger partial charge < -0.3 is 0 Å². The Balaban J connectivity index is 2.61. The summed E-state index contributed by atoms with van der Waals surface area (Å²) in [6.45, 7) is 0. The largest absolute Gasteiger partial charge is 0.451 e. The molecule has 0 unspecified atom stereocenters. The number of rotatable bonds is 0. The molecule has 2 heterocycles. The van der Waals surface area contributed by atoms with Crippen molar-refractivity contribution in [2.24, 2.45) is 0 Å². The van der Waals surface area contributed by atoms with Gasteiger partial charge in [-0.3, -0.25) is 0 Å². The van der Waals surface area contributed by atoms with Gasteiger partial charge in [0.1, 0.15) is 0 Å². The van der Waals surface area contributed by atoms with Crippen LogP contribution < -0.4 is 0 Å². The second kappa shape index (κ2) is 2.63. The summed E-state index contributed by atoms with van der Waals surface area (Å²) in [5.74, 6) is -1.17. The van der Waals surface area contributed by atoms with Crippen molar-refractivity contribution in [3.8, 4) is 0 Å². The molecule has 13 heavy (non-hydrogen) atoms. The van der Waals surface area contributed by atoms with E-state index in [0.717, 1.165) is 17.5 Å². The Labute approximate surface area is 74.3 Å². The standard InChI is InChI=1S/C6HF3N3S/c7-6(8,9)5-10-1-3-4(12-5)11-2-13-3/h1H. The number of hydrogen-bond acceptors (Lipinski definition) is 4. The van der Waals surface area contributed by atoms with Crippen LogP contribution in [-0.4, -0.2) is 15.0 Å². The molecule has 0 aliphatic heterocycles. The van der Waals surface area contributed by atoms with Gasteiger partial charge in [0.15, 0.2) is 11.2 Å². The first-order valence-electron chi connectivity index (χ1n) is 3.14. The molecule has 0 saturated heterocycles. The Morgan fingerprint density at radius 1 is 1.38 bits per heavy atom. The third-order valence-electron chi connectivity index (χ3n) is 1.30. The lowest BCUT2D eigenvalue weighted by atomic mass is 10.5. The molecule has 7 heteroatoms. The van der Waals surface area contributed by atoms with Crippen LogP contribution in [-0.2, 0) is 6.18 Å². The highest BCUT2D eigenvalue weighted by Crippen LogP contribution is 2.27. The summed E-state index contributed by atoms with van der Waals surface area (Å²) in [5, 5.41) is 0. The fraction of sp³-hybridized carbons (Fsp3) is 0.167. The van der Waals surface area contributed by atoms with Crippen molar-refractivity contribution in [1.82, 2.24) is 15.0 Å². The van der Waals surface area contributed by atoms with E-state index >= 15 is 0 Å². The monoisotopic (exact) mass is 204 g/mol. The van der Waals surface area contributed by atoms with Gasteiger partial charge in [0.05, 0.1) is 10.9 Å². The SMILES string of the molecule is FC(F)(F)c1ncc2s[c]nc2n1. The van der Waals surface area contributed by atoms with Crippen molar-refractivity contribution in [2.75, 3.05) is 0 Å². The second-order valence-corrected chi connectivity index (χ2v) is 3.01. The van der Waals surface area contributed by atoms with Crippen LogP contribution in [0.4, 0.5) is 13.2 Å². The molecular weight excluding hydrogens is 203 g/mol. The highest BCUT2D eigenvalue weighted by atomic mass is 32.1. The zero-order valence-corrected chi connectivity index (χ0v) is 6.78. The minimum Gasteiger partial charge on any atom is -0.231 e. The summed E-state index contributed by atoms with van der Waals surface area (Å²) in [7, 11) is 0. The molecule has 0 aliphatic carbocycles. The lowest BCUT2D eigenvalue weighted by Gasteiger charge is -2.02. The maximum atomic E-state index is 12.1. The fourth-order valence-corrected chi connectivity index (χ4v) is 1.28. The van der Waals surface area contributed by atoms with E-state index < -0.39 is 12.0 Å². The maximum absolute atomic E-state index is 12.1. The minimum atomic E-state index is -4.52. The number of thiazole rings is 1. The van der Waals surface area contributed by atoms with Gasteiger partial charge in [-0.1, -0.05) is 0 Å². The summed E-state index contributed by atoms with van der Waals surface area (Å²) in [6.07, 6.45) is -3.42. The number of halogens is 3. The topological polar surface area (TPSA) is 38.7 Å². The number of alkyl halides is 3. The molecule has 2 aromatic heterocycles. The third kappa shape index (κ3) is 1.46. The van der Waals surface area contributed by atoms with Gasteiger partial charge >= 0.3 is 6.18 Å². The smallest absolute Gasteiger partial charge is 0.231 e. The van der Waals surface area contributed by atoms with E-state index in [1.807, 2.05) is 0 Å². The van der Waals surface area contributed by atoms with E-state index in [1.54, 1.807) is 0 Å². The van der Waals surface area contributed by atoms with Gasteiger partial charge in [-0.2, -0.15) is 13.2 Å². The predicted octanol–water partition coefficient (Wildman–Crippen LogP) is 1.91. The maximum Gasteiger partial charge on any atom is 0.451 e. The van der Waals surface area contributed by atoms with Crippen molar-refractivity contribution >= 4 is 21.7 Å². The highest BCUT2D eigenvalue weighted by Gasteiger charge is 2.34. The molecule has 2 aromatic rings. The lowest BCUT2D eigenvalue weighted by molar-refractivity contribution is -0.144. The van der Waals surface area contributed by atoms with E-state index in [0.29, 0.717) is 4.70 Å². The number of aromatic nitrogens is 3. The van der Waals surface area contributed by atoms with Gasteiger partial charge in [0.25, 0.3) is 0 Å². The first-order valence-corrected chi connectivity index (χ1v) is 3.96. The molecule has 0 saturated carbocycles. The lowest BCUT2D eigenvalue weighted by Crippen LogP contribution is -2.10. The molecule has 0 aromatic carbocycles. The van der Waals surface area contributed by atoms with Gasteiger partial charge in [-0.25, -0.2) is 15.0 Å². The Morgan fingerprint density at radius 3 is 2.85 bits per heavy atom. The van der Waals surface area contributed by atoms with Gasteiger partial charge in [0, 0.05) is 0 Å². The summed E-state index contributed by atoms with van der Waals surface area (Å²) in [5.41, 5.74) is 2.47. The molecule has 0 N–H and O–H groups in total. The van der Waals surface area contributed by atoms with Crippen molar-refractivity contribution in [2.45, 2.75) is 6.18 Å². The zero-order valence-electron chi connectivity index (χ0n) is 5.96. The molecule has 0 atom stereocenters. The Kier molecular flexibility index (Phi) is 1.69. The number of nitrogens with zero attached hydrogens (tertiary/aromatic N) is 3. The van der Waals surface area contributed by atoms with E-state index in [2.05, 4.69) is 20.5 Å². The van der Waals surface area contributed by atoms with Crippen LogP contribution in [0.5, 0.6) is 0 Å². The molecule has 3 nitrogen and oxygen atoms in total. The molecule has 0 amide bonds. The summed E-state index contributed by atoms with van der Waals surface area (Å²) in [4.78, 5) is 9.94. The molecule has 1 radical (unpaired) electrons. The average molecular weight is 204 g/mol. The van der Waals surface area contributed by atoms with Crippen LogP contribution in [0.1, 0.15) is 5.82 Å². The first-order chi connectivity index (χ1) is 6.07. The summed E-state index contributed by atoms with van der Waals surface area (Å²) in [6, 6.07) is 0. The fourth-order valence-electron chi connectivity index (χ4n) is 0.766. The quantitative estimate of drug-likeness (QED) is 0.657. The molecule has 0 fully saturated rings. The number of hydrogen-bond donors (Lipinski definition) is 0. The van der Waals surface area contributed by atoms with Crippen LogP contribution in [0, 0.1) is 5.51 Å². The Morgan fingerprint density at radius 2 is 2.15 bits per heavy atom. The third-order valence-corrected chi connectivity index (χ3v) is 1.99. The first kappa shape index (κ1) is 8.36. The van der Waals surface area contributed by atoms with E-state index in [1.165, 1.54) is 0 Å². The van der Waals surface area contributed by atoms with Crippen LogP contribution in [0.3, 0.4) is 0 Å². The van der Waals surface area contributed by atoms with Crippen LogP contribution in [0.25, 0.3) is 10.3 Å². The van der Waals surface area contributed by atoms with Gasteiger partial charge in [-0.05, 0) is 0 Å². The molecule has 0 spiro atoms. The molecule has 2 rings (SSSR count). The normalized spacial score (nSPS) is 12.2. The van der Waals surface area contributed by atoms with E-state index in [9.17, 15) is 13.2 Å². The van der Waals surface area contributed by atoms with Gasteiger partial charge in [-0.15, -0.1) is 11.3 Å². The van der Waals surface area contributed by atoms with E-state index in [4.69, 9.17) is 0 Å². The zero-order chi connectivity index (χ0) is 9.47. The molecule has 0 bridgehead atoms. The van der Waals surface area contributed by atoms with E-state index in [-0.39, 0.29) is 5.65 Å². The predicted molar refractivity (Wildman–Crippen MR) is 39.0 cm³/mol. The minimum absolute atomic E-state index is 0.0346. The Bertz CT molecular complexity index is 436. The summed E-state index contributed by atoms with van der Waals surface area (Å²) < 4.78 is 36.7. The Hall–Kier alpha value is -1.24. The van der Waals surface area contributed by atoms with Crippen molar-refractivity contribution < 1.29 is 13.2 Å². The van der Waals surface area contributed by atoms with Crippen molar-refractivity contribution in [3.63, 3.8) is 0 Å². The highest BCUT2D eigenvalue weighted by molar-refractivity contribution is 7.16. The molecule has 67 valence electrons. The average Bonchev–Trinajstić information content (AvgIpc) is 2.47. The summed E-state index contributed by atoms with van der Waals surface area (Å²) >= 11 is 1.08. The van der Waals surface area contributed by atoms with Crippen LogP contribution >= 0.6 is 11.3 Å². The second-order valence-electron chi connectivity index (χ2n) is 2.18. The number of fused-ring (bicyclic) bond motifs is 1. The van der Waals surface area contributed by atoms with Crippen LogP contribution in [0.2, 0.25) is 0 Å². The van der Waals surface area contributed by atoms with Crippen molar-refractivity contribution in [3.05, 3.63) is 17.5 Å². The molecular formula is C6HF3N3S. The van der Waals surface area contributed by atoms with Crippen molar-refractivity contribution in [1.29, 1.82) is 0 Å². The van der Waals surface area contributed by atoms with Crippen LogP contribution in [0.15, 0.2) is 6.20 Å².